The van der Waals surface area contributed by atoms with Gasteiger partial charge < -0.3 is 19.7 Å². The predicted molar refractivity (Wildman–Crippen MR) is 103 cm³/mol. The number of nitrogens with zero attached hydrogens (tertiary/aromatic N) is 3. The molecule has 1 aromatic carbocycles. The highest BCUT2D eigenvalue weighted by atomic mass is 16.5. The molecule has 2 heterocycles. The zero-order valence-corrected chi connectivity index (χ0v) is 14.9. The zero-order valence-electron chi connectivity index (χ0n) is 14.9. The van der Waals surface area contributed by atoms with Gasteiger partial charge in [-0.05, 0) is 24.3 Å². The summed E-state index contributed by atoms with van der Waals surface area (Å²) in [5.41, 5.74) is 1.41. The van der Waals surface area contributed by atoms with Gasteiger partial charge in [0.05, 0.1) is 19.9 Å². The van der Waals surface area contributed by atoms with Gasteiger partial charge in [-0.15, -0.1) is 6.58 Å². The average molecular weight is 354 g/mol. The molecule has 1 aromatic heterocycles. The molecule has 1 N–H and O–H groups in total. The highest BCUT2D eigenvalue weighted by Gasteiger charge is 2.27. The minimum Gasteiger partial charge on any atom is -0.493 e. The number of rotatable bonds is 5. The molecule has 2 aromatic rings. The third-order valence-electron chi connectivity index (χ3n) is 4.18. The molecule has 136 valence electrons. The van der Waals surface area contributed by atoms with Gasteiger partial charge in [-0.2, -0.15) is 0 Å². The van der Waals surface area contributed by atoms with E-state index in [1.54, 1.807) is 43.5 Å². The van der Waals surface area contributed by atoms with E-state index in [0.717, 1.165) is 11.5 Å². The quantitative estimate of drug-likeness (QED) is 0.836. The lowest BCUT2D eigenvalue weighted by Crippen LogP contribution is -2.46. The Kier molecular flexibility index (Phi) is 5.26. The van der Waals surface area contributed by atoms with Gasteiger partial charge in [-0.25, -0.2) is 9.78 Å². The predicted octanol–water partition coefficient (Wildman–Crippen LogP) is 3.14. The molecule has 0 aliphatic carbocycles. The fraction of sp³-hybridized carbons (Fsp3) is 0.263. The summed E-state index contributed by atoms with van der Waals surface area (Å²) < 4.78 is 10.5. The second-order valence-corrected chi connectivity index (χ2v) is 5.73. The van der Waals surface area contributed by atoms with E-state index < -0.39 is 0 Å². The number of hydrogen-bond donors (Lipinski definition) is 1. The Labute approximate surface area is 152 Å². The number of aromatic nitrogens is 1. The molecular formula is C19H22N4O3. The number of nitrogens with one attached hydrogen (secondary N) is 1. The second-order valence-electron chi connectivity index (χ2n) is 5.73. The van der Waals surface area contributed by atoms with Crippen LogP contribution in [0.25, 0.3) is 0 Å². The normalized spacial score (nSPS) is 13.0. The maximum absolute atomic E-state index is 12.8. The highest BCUT2D eigenvalue weighted by molar-refractivity contribution is 6.04. The van der Waals surface area contributed by atoms with Crippen LogP contribution in [0.2, 0.25) is 0 Å². The number of carbonyl (C=O) groups is 1. The largest absolute Gasteiger partial charge is 0.493 e. The van der Waals surface area contributed by atoms with Crippen LogP contribution in [0, 0.1) is 0 Å². The molecule has 1 aliphatic heterocycles. The first-order chi connectivity index (χ1) is 12.7. The van der Waals surface area contributed by atoms with Crippen molar-refractivity contribution < 1.29 is 14.3 Å². The third kappa shape index (κ3) is 3.42. The molecule has 26 heavy (non-hydrogen) atoms. The van der Waals surface area contributed by atoms with Crippen LogP contribution in [0.1, 0.15) is 0 Å². The van der Waals surface area contributed by atoms with Gasteiger partial charge in [0.1, 0.15) is 0 Å². The number of anilines is 3. The molecular weight excluding hydrogens is 332 g/mol. The van der Waals surface area contributed by atoms with Crippen LogP contribution in [0.3, 0.4) is 0 Å². The summed E-state index contributed by atoms with van der Waals surface area (Å²) in [5, 5.41) is 2.91. The Morgan fingerprint density at radius 1 is 1.27 bits per heavy atom. The molecule has 0 saturated heterocycles. The molecule has 0 unspecified atom stereocenters. The maximum Gasteiger partial charge on any atom is 0.326 e. The van der Waals surface area contributed by atoms with Gasteiger partial charge in [0.15, 0.2) is 17.3 Å². The molecule has 0 atom stereocenters. The van der Waals surface area contributed by atoms with E-state index >= 15 is 0 Å². The van der Waals surface area contributed by atoms with Gasteiger partial charge in [0.2, 0.25) is 0 Å². The van der Waals surface area contributed by atoms with E-state index in [2.05, 4.69) is 21.8 Å². The van der Waals surface area contributed by atoms with Crippen LogP contribution >= 0.6 is 0 Å². The Bertz CT molecular complexity index is 809. The number of amides is 2. The topological polar surface area (TPSA) is 66.9 Å². The number of fused-ring (bicyclic) bond motifs is 1. The molecule has 0 fully saturated rings. The molecule has 1 aliphatic rings. The van der Waals surface area contributed by atoms with Crippen molar-refractivity contribution in [2.45, 2.75) is 0 Å². The van der Waals surface area contributed by atoms with Crippen molar-refractivity contribution in [2.75, 3.05) is 49.0 Å². The minimum atomic E-state index is -0.218. The lowest BCUT2D eigenvalue weighted by Gasteiger charge is -2.36. The van der Waals surface area contributed by atoms with Crippen molar-refractivity contribution in [1.82, 2.24) is 4.98 Å². The van der Waals surface area contributed by atoms with Crippen LogP contribution in [0.5, 0.6) is 11.5 Å². The smallest absolute Gasteiger partial charge is 0.326 e. The first kappa shape index (κ1) is 17.6. The molecule has 2 amide bonds. The van der Waals surface area contributed by atoms with Gasteiger partial charge in [-0.3, -0.25) is 4.90 Å². The fourth-order valence-corrected chi connectivity index (χ4v) is 2.94. The van der Waals surface area contributed by atoms with Crippen molar-refractivity contribution >= 4 is 23.2 Å². The van der Waals surface area contributed by atoms with Crippen LogP contribution in [-0.4, -0.2) is 44.9 Å². The average Bonchev–Trinajstić information content (AvgIpc) is 2.68. The number of hydrogen-bond acceptors (Lipinski definition) is 5. The van der Waals surface area contributed by atoms with Gasteiger partial charge in [0.25, 0.3) is 0 Å². The van der Waals surface area contributed by atoms with Crippen LogP contribution in [-0.2, 0) is 0 Å². The Morgan fingerprint density at radius 3 is 2.81 bits per heavy atom. The summed E-state index contributed by atoms with van der Waals surface area (Å²) in [4.78, 5) is 21.0. The Hall–Kier alpha value is -3.22. The number of urea groups is 1. The van der Waals surface area contributed by atoms with Gasteiger partial charge in [-0.1, -0.05) is 6.08 Å². The summed E-state index contributed by atoms with van der Waals surface area (Å²) in [6.45, 7) is 5.72. The van der Waals surface area contributed by atoms with E-state index in [0.29, 0.717) is 36.8 Å². The molecule has 0 radical (unpaired) electrons. The van der Waals surface area contributed by atoms with Crippen molar-refractivity contribution in [3.05, 3.63) is 49.2 Å². The molecule has 0 saturated carbocycles. The first-order valence-electron chi connectivity index (χ1n) is 8.29. The summed E-state index contributed by atoms with van der Waals surface area (Å²) in [5.74, 6) is 1.95. The summed E-state index contributed by atoms with van der Waals surface area (Å²) >= 11 is 0. The van der Waals surface area contributed by atoms with Crippen LogP contribution in [0.4, 0.5) is 22.0 Å². The zero-order chi connectivity index (χ0) is 18.5. The summed E-state index contributed by atoms with van der Waals surface area (Å²) in [6, 6.07) is 8.77. The molecule has 0 bridgehead atoms. The molecule has 7 nitrogen and oxygen atoms in total. The summed E-state index contributed by atoms with van der Waals surface area (Å²) in [6.07, 6.45) is 3.56. The third-order valence-corrected chi connectivity index (χ3v) is 4.18. The lowest BCUT2D eigenvalue weighted by atomic mass is 10.2. The van der Waals surface area contributed by atoms with E-state index in [-0.39, 0.29) is 6.03 Å². The number of methoxy groups -OCH3 is 2. The minimum absolute atomic E-state index is 0.218. The lowest BCUT2D eigenvalue weighted by molar-refractivity contribution is 0.256. The van der Waals surface area contributed by atoms with Crippen molar-refractivity contribution in [1.29, 1.82) is 0 Å². The van der Waals surface area contributed by atoms with Crippen molar-refractivity contribution in [3.8, 4) is 11.5 Å². The van der Waals surface area contributed by atoms with Crippen molar-refractivity contribution in [2.24, 2.45) is 0 Å². The molecule has 0 spiro atoms. The highest BCUT2D eigenvalue weighted by Crippen LogP contribution is 2.32. The van der Waals surface area contributed by atoms with Crippen LogP contribution < -0.4 is 24.6 Å². The second kappa shape index (κ2) is 7.77. The van der Waals surface area contributed by atoms with Gasteiger partial charge >= 0.3 is 6.03 Å². The number of ether oxygens (including phenoxy) is 2. The van der Waals surface area contributed by atoms with Crippen molar-refractivity contribution in [3.63, 3.8) is 0 Å². The Balaban J connectivity index is 1.82. The standard InChI is InChI=1S/C19H22N4O3/c1-4-10-22-11-12-23(15-6-5-9-20-18(15)22)19(24)21-14-7-8-16(25-2)17(13-14)26-3/h4-9,13H,1,10-12H2,2-3H3,(H,21,24). The molecule has 3 rings (SSSR count). The van der Waals surface area contributed by atoms with E-state index in [1.807, 2.05) is 18.2 Å². The number of carbonyl (C=O) groups excluding carboxylic acids is 1. The SMILES string of the molecule is C=CCN1CCN(C(=O)Nc2ccc(OC)c(OC)c2)c2cccnc21. The van der Waals surface area contributed by atoms with Crippen LogP contribution in [0.15, 0.2) is 49.2 Å². The molecule has 7 heteroatoms. The van der Waals surface area contributed by atoms with E-state index in [4.69, 9.17) is 9.47 Å². The van der Waals surface area contributed by atoms with Gasteiger partial charge in [0, 0.05) is 37.6 Å². The first-order valence-corrected chi connectivity index (χ1v) is 8.29. The fourth-order valence-electron chi connectivity index (χ4n) is 2.94. The number of benzene rings is 1. The monoisotopic (exact) mass is 354 g/mol. The number of pyridine rings is 1. The van der Waals surface area contributed by atoms with E-state index in [1.165, 1.54) is 0 Å². The summed E-state index contributed by atoms with van der Waals surface area (Å²) in [7, 11) is 3.13. The van der Waals surface area contributed by atoms with E-state index in [9.17, 15) is 4.79 Å². The maximum atomic E-state index is 12.8. The Morgan fingerprint density at radius 2 is 2.08 bits per heavy atom.